The zero-order valence-electron chi connectivity index (χ0n) is 12.3. The second-order valence-corrected chi connectivity index (χ2v) is 7.06. The van der Waals surface area contributed by atoms with Gasteiger partial charge < -0.3 is 5.11 Å². The van der Waals surface area contributed by atoms with Crippen LogP contribution in [0.2, 0.25) is 0 Å². The maximum absolute atomic E-state index is 10.7. The van der Waals surface area contributed by atoms with Crippen molar-refractivity contribution in [1.82, 2.24) is 9.80 Å². The third-order valence-corrected chi connectivity index (χ3v) is 5.44. The molecule has 1 atom stereocenters. The number of hydrogen-bond acceptors (Lipinski definition) is 3. The predicted octanol–water partition coefficient (Wildman–Crippen LogP) is 2.24. The fourth-order valence-electron chi connectivity index (χ4n) is 4.36. The number of β-amino-alcohol motifs (C(OH)–C–C–N with tert-alkyl or cyclic N) is 1. The van der Waals surface area contributed by atoms with Crippen LogP contribution in [-0.4, -0.2) is 59.3 Å². The van der Waals surface area contributed by atoms with E-state index in [1.807, 2.05) is 0 Å². The Morgan fingerprint density at radius 1 is 0.895 bits per heavy atom. The van der Waals surface area contributed by atoms with E-state index in [0.29, 0.717) is 0 Å². The van der Waals surface area contributed by atoms with Gasteiger partial charge in [-0.1, -0.05) is 19.3 Å². The summed E-state index contributed by atoms with van der Waals surface area (Å²) in [6.45, 7) is 5.94. The third-order valence-electron chi connectivity index (χ3n) is 5.44. The van der Waals surface area contributed by atoms with Crippen molar-refractivity contribution < 1.29 is 5.11 Å². The molecular formula is C16H30N2O. The standard InChI is InChI=1S/C16H30N2O/c19-16(8-2-1-3-9-16)14-17-10-6-7-15(13-17)18-11-4-5-12-18/h15,19H,1-14H2. The summed E-state index contributed by atoms with van der Waals surface area (Å²) in [5, 5.41) is 10.7. The lowest BCUT2D eigenvalue weighted by Crippen LogP contribution is -2.52. The molecule has 19 heavy (non-hydrogen) atoms. The molecule has 1 N–H and O–H groups in total. The molecule has 0 aromatic carbocycles. The van der Waals surface area contributed by atoms with Gasteiger partial charge in [-0.3, -0.25) is 9.80 Å². The van der Waals surface area contributed by atoms with Crippen molar-refractivity contribution in [1.29, 1.82) is 0 Å². The number of piperidine rings is 1. The van der Waals surface area contributed by atoms with Gasteiger partial charge in [0.25, 0.3) is 0 Å². The Morgan fingerprint density at radius 3 is 2.37 bits per heavy atom. The van der Waals surface area contributed by atoms with Gasteiger partial charge in [0.15, 0.2) is 0 Å². The average Bonchev–Trinajstić information content (AvgIpc) is 2.93. The minimum absolute atomic E-state index is 0.370. The van der Waals surface area contributed by atoms with Crippen molar-refractivity contribution in [2.75, 3.05) is 32.7 Å². The third kappa shape index (κ3) is 3.50. The molecule has 110 valence electrons. The molecule has 0 radical (unpaired) electrons. The van der Waals surface area contributed by atoms with Crippen LogP contribution in [-0.2, 0) is 0 Å². The van der Waals surface area contributed by atoms with E-state index in [1.54, 1.807) is 0 Å². The van der Waals surface area contributed by atoms with Gasteiger partial charge in [0, 0.05) is 19.1 Å². The summed E-state index contributed by atoms with van der Waals surface area (Å²) in [4.78, 5) is 5.24. The summed E-state index contributed by atoms with van der Waals surface area (Å²) in [6, 6.07) is 0.767. The molecule has 0 spiro atoms. The molecule has 2 saturated heterocycles. The summed E-state index contributed by atoms with van der Waals surface area (Å²) < 4.78 is 0. The largest absolute Gasteiger partial charge is 0.389 e. The molecule has 0 bridgehead atoms. The molecule has 0 aromatic rings. The van der Waals surface area contributed by atoms with Crippen LogP contribution >= 0.6 is 0 Å². The highest BCUT2D eigenvalue weighted by Crippen LogP contribution is 2.30. The molecule has 3 rings (SSSR count). The van der Waals surface area contributed by atoms with Crippen LogP contribution in [0.15, 0.2) is 0 Å². The van der Waals surface area contributed by atoms with Crippen LogP contribution in [0, 0.1) is 0 Å². The van der Waals surface area contributed by atoms with Crippen molar-refractivity contribution in [2.24, 2.45) is 0 Å². The Balaban J connectivity index is 1.52. The van der Waals surface area contributed by atoms with E-state index >= 15 is 0 Å². The van der Waals surface area contributed by atoms with E-state index in [9.17, 15) is 5.11 Å². The summed E-state index contributed by atoms with van der Waals surface area (Å²) >= 11 is 0. The maximum atomic E-state index is 10.7. The summed E-state index contributed by atoms with van der Waals surface area (Å²) in [7, 11) is 0. The van der Waals surface area contributed by atoms with Gasteiger partial charge in [-0.15, -0.1) is 0 Å². The fourth-order valence-corrected chi connectivity index (χ4v) is 4.36. The van der Waals surface area contributed by atoms with Crippen LogP contribution in [0.5, 0.6) is 0 Å². The molecule has 1 aliphatic carbocycles. The number of likely N-dealkylation sites (tertiary alicyclic amines) is 2. The smallest absolute Gasteiger partial charge is 0.0774 e. The van der Waals surface area contributed by atoms with Gasteiger partial charge >= 0.3 is 0 Å². The second-order valence-electron chi connectivity index (χ2n) is 7.06. The first-order valence-corrected chi connectivity index (χ1v) is 8.44. The molecule has 3 aliphatic rings. The number of aliphatic hydroxyl groups is 1. The van der Waals surface area contributed by atoms with Crippen molar-refractivity contribution in [2.45, 2.75) is 69.4 Å². The topological polar surface area (TPSA) is 26.7 Å². The minimum Gasteiger partial charge on any atom is -0.389 e. The Labute approximate surface area is 118 Å². The van der Waals surface area contributed by atoms with Crippen LogP contribution in [0.3, 0.4) is 0 Å². The molecular weight excluding hydrogens is 236 g/mol. The van der Waals surface area contributed by atoms with E-state index in [1.165, 1.54) is 71.1 Å². The predicted molar refractivity (Wildman–Crippen MR) is 78.3 cm³/mol. The van der Waals surface area contributed by atoms with Crippen molar-refractivity contribution in [3.05, 3.63) is 0 Å². The zero-order valence-corrected chi connectivity index (χ0v) is 12.3. The van der Waals surface area contributed by atoms with E-state index in [0.717, 1.165) is 25.4 Å². The molecule has 2 aliphatic heterocycles. The lowest BCUT2D eigenvalue weighted by atomic mass is 9.84. The lowest BCUT2D eigenvalue weighted by molar-refractivity contribution is -0.0371. The van der Waals surface area contributed by atoms with Crippen LogP contribution in [0.25, 0.3) is 0 Å². The minimum atomic E-state index is -0.370. The van der Waals surface area contributed by atoms with Gasteiger partial charge in [-0.05, 0) is 58.2 Å². The zero-order chi connectivity index (χ0) is 13.1. The van der Waals surface area contributed by atoms with Crippen molar-refractivity contribution in [3.8, 4) is 0 Å². The van der Waals surface area contributed by atoms with Gasteiger partial charge in [-0.25, -0.2) is 0 Å². The van der Waals surface area contributed by atoms with Crippen LogP contribution in [0.4, 0.5) is 0 Å². The fraction of sp³-hybridized carbons (Fsp3) is 1.00. The summed E-state index contributed by atoms with van der Waals surface area (Å²) in [5.74, 6) is 0. The Morgan fingerprint density at radius 2 is 1.63 bits per heavy atom. The summed E-state index contributed by atoms with van der Waals surface area (Å²) in [5.41, 5.74) is -0.370. The highest BCUT2D eigenvalue weighted by atomic mass is 16.3. The number of rotatable bonds is 3. The molecule has 1 saturated carbocycles. The van der Waals surface area contributed by atoms with E-state index in [4.69, 9.17) is 0 Å². The highest BCUT2D eigenvalue weighted by Gasteiger charge is 2.34. The normalized spacial score (nSPS) is 33.6. The van der Waals surface area contributed by atoms with Gasteiger partial charge in [0.2, 0.25) is 0 Å². The Bertz CT molecular complexity index is 282. The van der Waals surface area contributed by atoms with Gasteiger partial charge in [0.05, 0.1) is 5.60 Å². The Kier molecular flexibility index (Phi) is 4.45. The molecule has 3 nitrogen and oxygen atoms in total. The first-order valence-electron chi connectivity index (χ1n) is 8.44. The summed E-state index contributed by atoms with van der Waals surface area (Å²) in [6.07, 6.45) is 11.3. The SMILES string of the molecule is OC1(CN2CCCC(N3CCCC3)C2)CCCCC1. The average molecular weight is 266 g/mol. The van der Waals surface area contributed by atoms with Gasteiger partial charge in [-0.2, -0.15) is 0 Å². The van der Waals surface area contributed by atoms with Crippen LogP contribution < -0.4 is 0 Å². The first-order chi connectivity index (χ1) is 9.25. The van der Waals surface area contributed by atoms with Crippen molar-refractivity contribution >= 4 is 0 Å². The molecule has 1 unspecified atom stereocenters. The highest BCUT2D eigenvalue weighted by molar-refractivity contribution is 4.89. The molecule has 0 aromatic heterocycles. The molecule has 0 amide bonds. The number of hydrogen-bond donors (Lipinski definition) is 1. The maximum Gasteiger partial charge on any atom is 0.0774 e. The quantitative estimate of drug-likeness (QED) is 0.848. The Hall–Kier alpha value is -0.120. The van der Waals surface area contributed by atoms with Crippen molar-refractivity contribution in [3.63, 3.8) is 0 Å². The monoisotopic (exact) mass is 266 g/mol. The van der Waals surface area contributed by atoms with E-state index in [2.05, 4.69) is 9.80 Å². The molecule has 3 fully saturated rings. The molecule has 2 heterocycles. The van der Waals surface area contributed by atoms with Gasteiger partial charge in [0.1, 0.15) is 0 Å². The first kappa shape index (κ1) is 13.8. The lowest BCUT2D eigenvalue weighted by Gasteiger charge is -2.42. The van der Waals surface area contributed by atoms with E-state index < -0.39 is 0 Å². The van der Waals surface area contributed by atoms with E-state index in [-0.39, 0.29) is 5.60 Å². The van der Waals surface area contributed by atoms with Crippen LogP contribution in [0.1, 0.15) is 57.8 Å². The number of nitrogens with zero attached hydrogens (tertiary/aromatic N) is 2. The second kappa shape index (κ2) is 6.11. The molecule has 3 heteroatoms.